The average molecular weight is 182 g/mol. The van der Waals surface area contributed by atoms with Gasteiger partial charge in [-0.05, 0) is 6.92 Å². The number of ether oxygens (including phenoxy) is 1. The predicted octanol–water partition coefficient (Wildman–Crippen LogP) is 0.777. The fourth-order valence-corrected chi connectivity index (χ4v) is 0.962. The van der Waals surface area contributed by atoms with E-state index in [9.17, 15) is 9.59 Å². The zero-order valence-electron chi connectivity index (χ0n) is 7.70. The summed E-state index contributed by atoms with van der Waals surface area (Å²) in [5.74, 6) is -0.510. The molecule has 1 aromatic rings. The number of nitrogens with zero attached hydrogens (tertiary/aromatic N) is 2. The summed E-state index contributed by atoms with van der Waals surface area (Å²) in [6.45, 7) is 4.38. The van der Waals surface area contributed by atoms with Gasteiger partial charge < -0.3 is 4.74 Å². The first kappa shape index (κ1) is 9.44. The molecule has 5 heteroatoms. The van der Waals surface area contributed by atoms with Crippen LogP contribution in [-0.4, -0.2) is 21.7 Å². The lowest BCUT2D eigenvalue weighted by Gasteiger charge is -1.95. The summed E-state index contributed by atoms with van der Waals surface area (Å²) in [5.41, 5.74) is 0.642. The van der Waals surface area contributed by atoms with E-state index < -0.39 is 5.97 Å². The van der Waals surface area contributed by atoms with Crippen molar-refractivity contribution in [3.63, 3.8) is 0 Å². The number of carbonyl (C=O) groups is 2. The van der Waals surface area contributed by atoms with E-state index in [0.717, 1.165) is 0 Å². The minimum atomic E-state index is -0.451. The summed E-state index contributed by atoms with van der Waals surface area (Å²) >= 11 is 0. The van der Waals surface area contributed by atoms with Crippen molar-refractivity contribution in [3.8, 4) is 5.88 Å². The largest absolute Gasteiger partial charge is 0.406 e. The van der Waals surface area contributed by atoms with E-state index in [0.29, 0.717) is 5.69 Å². The van der Waals surface area contributed by atoms with Crippen LogP contribution >= 0.6 is 0 Å². The summed E-state index contributed by atoms with van der Waals surface area (Å²) in [6, 6.07) is 1.53. The topological polar surface area (TPSA) is 61.2 Å². The van der Waals surface area contributed by atoms with Crippen molar-refractivity contribution in [2.45, 2.75) is 20.8 Å². The Morgan fingerprint density at radius 3 is 2.46 bits per heavy atom. The third kappa shape index (κ3) is 2.14. The van der Waals surface area contributed by atoms with Crippen molar-refractivity contribution < 1.29 is 14.3 Å². The number of rotatable bonds is 1. The van der Waals surface area contributed by atoms with E-state index in [1.165, 1.54) is 24.6 Å². The van der Waals surface area contributed by atoms with Gasteiger partial charge in [0.15, 0.2) is 0 Å². The van der Waals surface area contributed by atoms with Crippen molar-refractivity contribution in [2.24, 2.45) is 0 Å². The van der Waals surface area contributed by atoms with Crippen LogP contribution < -0.4 is 4.74 Å². The van der Waals surface area contributed by atoms with Crippen LogP contribution in [0.5, 0.6) is 5.88 Å². The van der Waals surface area contributed by atoms with Crippen LogP contribution in [-0.2, 0) is 4.79 Å². The molecule has 0 aliphatic rings. The van der Waals surface area contributed by atoms with E-state index in [-0.39, 0.29) is 11.8 Å². The molecule has 0 spiro atoms. The maximum Gasteiger partial charge on any atom is 0.309 e. The Hall–Kier alpha value is -1.65. The quantitative estimate of drug-likeness (QED) is 0.602. The lowest BCUT2D eigenvalue weighted by atomic mass is 10.5. The van der Waals surface area contributed by atoms with Crippen molar-refractivity contribution in [2.75, 3.05) is 0 Å². The van der Waals surface area contributed by atoms with Crippen molar-refractivity contribution in [3.05, 3.63) is 11.8 Å². The second-order valence-electron chi connectivity index (χ2n) is 2.65. The molecule has 0 saturated heterocycles. The second-order valence-corrected chi connectivity index (χ2v) is 2.65. The summed E-state index contributed by atoms with van der Waals surface area (Å²) in [4.78, 5) is 21.5. The molecule has 0 fully saturated rings. The van der Waals surface area contributed by atoms with Crippen molar-refractivity contribution >= 4 is 11.9 Å². The number of esters is 1. The monoisotopic (exact) mass is 182 g/mol. The van der Waals surface area contributed by atoms with Crippen LogP contribution in [0.3, 0.4) is 0 Å². The minimum Gasteiger partial charge on any atom is -0.406 e. The Morgan fingerprint density at radius 1 is 1.46 bits per heavy atom. The zero-order valence-corrected chi connectivity index (χ0v) is 7.70. The molecule has 0 unspecified atom stereocenters. The Bertz CT molecular complexity index is 354. The van der Waals surface area contributed by atoms with Crippen LogP contribution in [0.15, 0.2) is 6.07 Å². The number of aromatic nitrogens is 2. The van der Waals surface area contributed by atoms with Gasteiger partial charge in [-0.15, -0.1) is 5.10 Å². The maximum absolute atomic E-state index is 10.9. The fraction of sp³-hybridized carbons (Fsp3) is 0.375. The molecule has 0 atom stereocenters. The molecule has 70 valence electrons. The van der Waals surface area contributed by atoms with Crippen LogP contribution in [0.2, 0.25) is 0 Å². The summed E-state index contributed by atoms with van der Waals surface area (Å²) in [5, 5.41) is 3.77. The number of carbonyl (C=O) groups excluding carboxylic acids is 2. The highest BCUT2D eigenvalue weighted by molar-refractivity contribution is 5.76. The molecule has 5 nitrogen and oxygen atoms in total. The maximum atomic E-state index is 10.9. The minimum absolute atomic E-state index is 0.153. The van der Waals surface area contributed by atoms with E-state index in [1.807, 2.05) is 0 Å². The Morgan fingerprint density at radius 2 is 2.08 bits per heavy atom. The Kier molecular flexibility index (Phi) is 2.46. The van der Waals surface area contributed by atoms with Gasteiger partial charge in [0.05, 0.1) is 0 Å². The summed E-state index contributed by atoms with van der Waals surface area (Å²) < 4.78 is 5.88. The third-order valence-electron chi connectivity index (χ3n) is 1.41. The summed E-state index contributed by atoms with van der Waals surface area (Å²) in [7, 11) is 0. The lowest BCUT2D eigenvalue weighted by molar-refractivity contribution is -0.132. The normalized spacial score (nSPS) is 9.77. The molecule has 13 heavy (non-hydrogen) atoms. The molecular formula is C8H10N2O3. The smallest absolute Gasteiger partial charge is 0.309 e. The predicted molar refractivity (Wildman–Crippen MR) is 44.6 cm³/mol. The fourth-order valence-electron chi connectivity index (χ4n) is 0.962. The molecule has 0 aliphatic carbocycles. The van der Waals surface area contributed by atoms with E-state index in [4.69, 9.17) is 4.74 Å². The molecule has 0 saturated carbocycles. The van der Waals surface area contributed by atoms with Gasteiger partial charge in [0.2, 0.25) is 11.8 Å². The average Bonchev–Trinajstić information content (AvgIpc) is 2.29. The standard InChI is InChI=1S/C8H10N2O3/c1-5-4-8(13-7(3)12)9-10(5)6(2)11/h4H,1-3H3. The molecule has 0 aromatic carbocycles. The molecule has 0 N–H and O–H groups in total. The van der Waals surface area contributed by atoms with Gasteiger partial charge in [0.1, 0.15) is 0 Å². The lowest BCUT2D eigenvalue weighted by Crippen LogP contribution is -2.10. The SMILES string of the molecule is CC(=O)Oc1cc(C)n(C(C)=O)n1. The van der Waals surface area contributed by atoms with Crippen molar-refractivity contribution in [1.82, 2.24) is 9.78 Å². The molecule has 1 heterocycles. The number of aryl methyl sites for hydroxylation is 1. The second kappa shape index (κ2) is 3.38. The molecule has 0 amide bonds. The summed E-state index contributed by atoms with van der Waals surface area (Å²) in [6.07, 6.45) is 0. The van der Waals surface area contributed by atoms with Crippen LogP contribution in [0.4, 0.5) is 0 Å². The van der Waals surface area contributed by atoms with Gasteiger partial charge in [0.25, 0.3) is 0 Å². The van der Waals surface area contributed by atoms with Gasteiger partial charge in [-0.1, -0.05) is 0 Å². The first-order valence-corrected chi connectivity index (χ1v) is 3.76. The highest BCUT2D eigenvalue weighted by atomic mass is 16.5. The molecule has 0 aliphatic heterocycles. The highest BCUT2D eigenvalue weighted by Gasteiger charge is 2.09. The highest BCUT2D eigenvalue weighted by Crippen LogP contribution is 2.10. The van der Waals surface area contributed by atoms with Gasteiger partial charge in [-0.3, -0.25) is 9.59 Å². The molecule has 1 rings (SSSR count). The first-order chi connectivity index (χ1) is 6.00. The molecular weight excluding hydrogens is 172 g/mol. The Balaban J connectivity index is 2.95. The van der Waals surface area contributed by atoms with Gasteiger partial charge in [-0.25, -0.2) is 4.68 Å². The Labute approximate surface area is 75.3 Å². The van der Waals surface area contributed by atoms with E-state index in [2.05, 4.69) is 5.10 Å². The van der Waals surface area contributed by atoms with Gasteiger partial charge >= 0.3 is 5.97 Å². The third-order valence-corrected chi connectivity index (χ3v) is 1.41. The molecule has 1 aromatic heterocycles. The van der Waals surface area contributed by atoms with E-state index in [1.54, 1.807) is 6.92 Å². The van der Waals surface area contributed by atoms with Crippen LogP contribution in [0, 0.1) is 6.92 Å². The molecule has 0 radical (unpaired) electrons. The van der Waals surface area contributed by atoms with Gasteiger partial charge in [0, 0.05) is 25.6 Å². The van der Waals surface area contributed by atoms with Crippen molar-refractivity contribution in [1.29, 1.82) is 0 Å². The van der Waals surface area contributed by atoms with Gasteiger partial charge in [-0.2, -0.15) is 0 Å². The van der Waals surface area contributed by atoms with Crippen LogP contribution in [0.25, 0.3) is 0 Å². The zero-order chi connectivity index (χ0) is 10.0. The number of hydrogen-bond donors (Lipinski definition) is 0. The number of hydrogen-bond acceptors (Lipinski definition) is 4. The molecule has 0 bridgehead atoms. The van der Waals surface area contributed by atoms with E-state index >= 15 is 0 Å². The van der Waals surface area contributed by atoms with Crippen LogP contribution in [0.1, 0.15) is 24.3 Å². The first-order valence-electron chi connectivity index (χ1n) is 3.76.